The standard InChI is InChI=1S/C17H21NO4/c1-21-16-10-7-6-9-14(16)15-12-13(22-18-15)8-4-2-3-5-11-17(19)20/h6-7,9-10,12H,2-5,8,11H2,1H3,(H,19,20). The van der Waals surface area contributed by atoms with Gasteiger partial charge in [0.1, 0.15) is 17.2 Å². The molecule has 0 spiro atoms. The molecule has 22 heavy (non-hydrogen) atoms. The molecule has 0 saturated heterocycles. The normalized spacial score (nSPS) is 10.6. The fourth-order valence-corrected chi connectivity index (χ4v) is 2.34. The van der Waals surface area contributed by atoms with E-state index in [0.29, 0.717) is 0 Å². The second-order valence-electron chi connectivity index (χ2n) is 5.19. The van der Waals surface area contributed by atoms with E-state index < -0.39 is 5.97 Å². The summed E-state index contributed by atoms with van der Waals surface area (Å²) in [7, 11) is 1.64. The molecule has 0 aliphatic rings. The molecule has 0 bridgehead atoms. The lowest BCUT2D eigenvalue weighted by molar-refractivity contribution is -0.137. The van der Waals surface area contributed by atoms with Gasteiger partial charge in [-0.1, -0.05) is 30.1 Å². The van der Waals surface area contributed by atoms with Crippen molar-refractivity contribution in [3.63, 3.8) is 0 Å². The maximum atomic E-state index is 10.4. The molecule has 1 heterocycles. The minimum absolute atomic E-state index is 0.250. The number of ether oxygens (including phenoxy) is 1. The minimum atomic E-state index is -0.725. The first-order valence-corrected chi connectivity index (χ1v) is 7.51. The molecule has 1 aromatic carbocycles. The van der Waals surface area contributed by atoms with Gasteiger partial charge in [-0.2, -0.15) is 0 Å². The molecule has 2 rings (SSSR count). The fraction of sp³-hybridized carbons (Fsp3) is 0.412. The van der Waals surface area contributed by atoms with E-state index in [9.17, 15) is 4.79 Å². The summed E-state index contributed by atoms with van der Waals surface area (Å²) in [6.07, 6.45) is 4.70. The monoisotopic (exact) mass is 303 g/mol. The zero-order valence-electron chi connectivity index (χ0n) is 12.7. The first-order chi connectivity index (χ1) is 10.7. The quantitative estimate of drug-likeness (QED) is 0.711. The number of carboxylic acids is 1. The van der Waals surface area contributed by atoms with Crippen molar-refractivity contribution >= 4 is 5.97 Å². The van der Waals surface area contributed by atoms with Crippen LogP contribution < -0.4 is 4.74 Å². The molecule has 0 atom stereocenters. The summed E-state index contributed by atoms with van der Waals surface area (Å²) in [5.41, 5.74) is 1.69. The summed E-state index contributed by atoms with van der Waals surface area (Å²) in [4.78, 5) is 10.4. The van der Waals surface area contributed by atoms with Crippen molar-refractivity contribution < 1.29 is 19.2 Å². The van der Waals surface area contributed by atoms with Crippen molar-refractivity contribution in [3.05, 3.63) is 36.1 Å². The first-order valence-electron chi connectivity index (χ1n) is 7.51. The third-order valence-electron chi connectivity index (χ3n) is 3.51. The Labute approximate surface area is 129 Å². The lowest BCUT2D eigenvalue weighted by Gasteiger charge is -2.03. The Morgan fingerprint density at radius 3 is 2.77 bits per heavy atom. The number of aliphatic carboxylic acids is 1. The number of para-hydroxylation sites is 1. The minimum Gasteiger partial charge on any atom is -0.496 e. The number of benzene rings is 1. The van der Waals surface area contributed by atoms with Crippen molar-refractivity contribution in [2.45, 2.75) is 38.5 Å². The summed E-state index contributed by atoms with van der Waals surface area (Å²) in [5, 5.41) is 12.7. The topological polar surface area (TPSA) is 72.6 Å². The predicted molar refractivity (Wildman–Crippen MR) is 82.9 cm³/mol. The third-order valence-corrected chi connectivity index (χ3v) is 3.51. The molecule has 0 aliphatic carbocycles. The molecule has 0 amide bonds. The van der Waals surface area contributed by atoms with Crippen LogP contribution in [0.2, 0.25) is 0 Å². The van der Waals surface area contributed by atoms with E-state index in [-0.39, 0.29) is 6.42 Å². The molecular formula is C17H21NO4. The molecule has 5 nitrogen and oxygen atoms in total. The number of aryl methyl sites for hydroxylation is 1. The molecule has 0 fully saturated rings. The Hall–Kier alpha value is -2.30. The second-order valence-corrected chi connectivity index (χ2v) is 5.19. The van der Waals surface area contributed by atoms with Gasteiger partial charge < -0.3 is 14.4 Å². The van der Waals surface area contributed by atoms with E-state index in [4.69, 9.17) is 14.4 Å². The molecule has 1 N–H and O–H groups in total. The Bertz CT molecular complexity index is 606. The molecular weight excluding hydrogens is 282 g/mol. The predicted octanol–water partition coefficient (Wildman–Crippen LogP) is 3.93. The average molecular weight is 303 g/mol. The smallest absolute Gasteiger partial charge is 0.303 e. The molecule has 0 radical (unpaired) electrons. The number of rotatable bonds is 9. The summed E-state index contributed by atoms with van der Waals surface area (Å²) in [6.45, 7) is 0. The Kier molecular flexibility index (Phi) is 6.01. The van der Waals surface area contributed by atoms with Crippen LogP contribution in [0.3, 0.4) is 0 Å². The molecule has 0 aliphatic heterocycles. The van der Waals surface area contributed by atoms with E-state index in [2.05, 4.69) is 5.16 Å². The van der Waals surface area contributed by atoms with Crippen LogP contribution in [-0.2, 0) is 11.2 Å². The van der Waals surface area contributed by atoms with Crippen LogP contribution in [0.15, 0.2) is 34.9 Å². The lowest BCUT2D eigenvalue weighted by atomic mass is 10.1. The number of unbranched alkanes of at least 4 members (excludes halogenated alkanes) is 3. The summed E-state index contributed by atoms with van der Waals surface area (Å²) in [5.74, 6) is 0.895. The van der Waals surface area contributed by atoms with Crippen molar-refractivity contribution in [2.75, 3.05) is 7.11 Å². The number of hydrogen-bond donors (Lipinski definition) is 1. The van der Waals surface area contributed by atoms with E-state index in [1.54, 1.807) is 7.11 Å². The molecule has 5 heteroatoms. The van der Waals surface area contributed by atoms with Gasteiger partial charge in [-0.25, -0.2) is 0 Å². The number of carboxylic acid groups (broad SMARTS) is 1. The van der Waals surface area contributed by atoms with Crippen LogP contribution in [0, 0.1) is 0 Å². The van der Waals surface area contributed by atoms with Crippen LogP contribution in [0.5, 0.6) is 5.75 Å². The highest BCUT2D eigenvalue weighted by Gasteiger charge is 2.10. The van der Waals surface area contributed by atoms with Crippen molar-refractivity contribution in [1.82, 2.24) is 5.16 Å². The van der Waals surface area contributed by atoms with E-state index in [0.717, 1.165) is 54.9 Å². The number of hydrogen-bond acceptors (Lipinski definition) is 4. The van der Waals surface area contributed by atoms with Gasteiger partial charge >= 0.3 is 5.97 Å². The second kappa shape index (κ2) is 8.22. The lowest BCUT2D eigenvalue weighted by Crippen LogP contribution is -1.93. The van der Waals surface area contributed by atoms with Gasteiger partial charge in [-0.05, 0) is 25.0 Å². The van der Waals surface area contributed by atoms with Crippen molar-refractivity contribution in [3.8, 4) is 17.0 Å². The van der Waals surface area contributed by atoms with E-state index in [1.807, 2.05) is 30.3 Å². The largest absolute Gasteiger partial charge is 0.496 e. The molecule has 2 aromatic rings. The zero-order valence-corrected chi connectivity index (χ0v) is 12.7. The van der Waals surface area contributed by atoms with Crippen LogP contribution in [0.25, 0.3) is 11.3 Å². The van der Waals surface area contributed by atoms with Gasteiger partial charge in [0, 0.05) is 24.5 Å². The van der Waals surface area contributed by atoms with E-state index >= 15 is 0 Å². The number of methoxy groups -OCH3 is 1. The number of carbonyl (C=O) groups is 1. The maximum Gasteiger partial charge on any atom is 0.303 e. The van der Waals surface area contributed by atoms with Crippen molar-refractivity contribution in [2.24, 2.45) is 0 Å². The summed E-state index contributed by atoms with van der Waals surface area (Å²) >= 11 is 0. The van der Waals surface area contributed by atoms with Gasteiger partial charge in [-0.15, -0.1) is 0 Å². The molecule has 118 valence electrons. The Balaban J connectivity index is 1.83. The number of aromatic nitrogens is 1. The first kappa shape index (κ1) is 16.1. The van der Waals surface area contributed by atoms with Crippen LogP contribution in [0.4, 0.5) is 0 Å². The Morgan fingerprint density at radius 2 is 2.00 bits per heavy atom. The third kappa shape index (κ3) is 4.62. The highest BCUT2D eigenvalue weighted by Crippen LogP contribution is 2.29. The van der Waals surface area contributed by atoms with Gasteiger partial charge in [0.2, 0.25) is 0 Å². The summed E-state index contributed by atoms with van der Waals surface area (Å²) in [6, 6.07) is 9.64. The van der Waals surface area contributed by atoms with Crippen LogP contribution in [-0.4, -0.2) is 23.3 Å². The maximum absolute atomic E-state index is 10.4. The molecule has 1 aromatic heterocycles. The van der Waals surface area contributed by atoms with Gasteiger partial charge in [0.15, 0.2) is 0 Å². The highest BCUT2D eigenvalue weighted by atomic mass is 16.5. The van der Waals surface area contributed by atoms with Crippen LogP contribution >= 0.6 is 0 Å². The SMILES string of the molecule is COc1ccccc1-c1cc(CCCCCCC(=O)O)on1. The fourth-order valence-electron chi connectivity index (χ4n) is 2.34. The molecule has 0 saturated carbocycles. The van der Waals surface area contributed by atoms with Gasteiger partial charge in [0.05, 0.1) is 7.11 Å². The van der Waals surface area contributed by atoms with E-state index in [1.165, 1.54) is 0 Å². The van der Waals surface area contributed by atoms with Crippen molar-refractivity contribution in [1.29, 1.82) is 0 Å². The van der Waals surface area contributed by atoms with Crippen LogP contribution in [0.1, 0.15) is 37.9 Å². The summed E-state index contributed by atoms with van der Waals surface area (Å²) < 4.78 is 10.7. The average Bonchev–Trinajstić information content (AvgIpc) is 2.99. The Morgan fingerprint density at radius 1 is 1.23 bits per heavy atom. The van der Waals surface area contributed by atoms with Gasteiger partial charge in [0.25, 0.3) is 0 Å². The van der Waals surface area contributed by atoms with Gasteiger partial charge in [-0.3, -0.25) is 4.79 Å². The number of nitrogens with zero attached hydrogens (tertiary/aromatic N) is 1. The highest BCUT2D eigenvalue weighted by molar-refractivity contribution is 5.67. The molecule has 0 unspecified atom stereocenters. The zero-order chi connectivity index (χ0) is 15.8.